The zero-order valence-electron chi connectivity index (χ0n) is 7.62. The molecule has 76 valence electrons. The van der Waals surface area contributed by atoms with E-state index in [9.17, 15) is 4.79 Å². The Morgan fingerprint density at radius 2 is 2.50 bits per heavy atom. The van der Waals surface area contributed by atoms with Crippen LogP contribution in [0.4, 0.5) is 0 Å². The van der Waals surface area contributed by atoms with Crippen LogP contribution in [-0.4, -0.2) is 24.5 Å². The van der Waals surface area contributed by atoms with Crippen molar-refractivity contribution in [3.8, 4) is 0 Å². The molecule has 2 heterocycles. The fourth-order valence-corrected chi connectivity index (χ4v) is 2.13. The summed E-state index contributed by atoms with van der Waals surface area (Å²) in [4.78, 5) is 10.8. The van der Waals surface area contributed by atoms with Gasteiger partial charge in [0.25, 0.3) is 0 Å². The van der Waals surface area contributed by atoms with Crippen LogP contribution in [-0.2, 0) is 0 Å². The van der Waals surface area contributed by atoms with Crippen LogP contribution in [0.15, 0.2) is 9.13 Å². The molecule has 4 nitrogen and oxygen atoms in total. The first kappa shape index (κ1) is 9.86. The lowest BCUT2D eigenvalue weighted by Crippen LogP contribution is -2.28. The summed E-state index contributed by atoms with van der Waals surface area (Å²) >= 11 is 3.19. The number of rotatable bonds is 2. The summed E-state index contributed by atoms with van der Waals surface area (Å²) in [6, 6.07) is 0. The molecule has 5 heteroatoms. The predicted octanol–water partition coefficient (Wildman–Crippen LogP) is 1.72. The number of carbonyl (C=O) groups excluding carboxylic acids is 1. The third kappa shape index (κ3) is 1.74. The van der Waals surface area contributed by atoms with Crippen molar-refractivity contribution < 1.29 is 9.32 Å². The number of halogens is 1. The van der Waals surface area contributed by atoms with E-state index in [-0.39, 0.29) is 5.92 Å². The summed E-state index contributed by atoms with van der Waals surface area (Å²) in [6.07, 6.45) is 2.96. The first-order valence-corrected chi connectivity index (χ1v) is 5.43. The minimum Gasteiger partial charge on any atom is -0.359 e. The van der Waals surface area contributed by atoms with Crippen LogP contribution in [0.3, 0.4) is 0 Å². The standard InChI is InChI=1S/C9H11BrN2O2/c10-9-7(5-13)8(14-12-9)6-2-1-3-11-4-6/h5-6,11H,1-4H2. The second kappa shape index (κ2) is 4.23. The molecule has 14 heavy (non-hydrogen) atoms. The Kier molecular flexibility index (Phi) is 2.98. The quantitative estimate of drug-likeness (QED) is 0.821. The van der Waals surface area contributed by atoms with Gasteiger partial charge in [-0.2, -0.15) is 0 Å². The lowest BCUT2D eigenvalue weighted by atomic mass is 9.95. The summed E-state index contributed by atoms with van der Waals surface area (Å²) in [5.41, 5.74) is 0.554. The molecule has 1 saturated heterocycles. The van der Waals surface area contributed by atoms with Crippen LogP contribution in [0.1, 0.15) is 34.9 Å². The Morgan fingerprint density at radius 1 is 1.64 bits per heavy atom. The molecule has 2 rings (SSSR count). The molecule has 0 aliphatic carbocycles. The van der Waals surface area contributed by atoms with Gasteiger partial charge in [0.1, 0.15) is 0 Å². The van der Waals surface area contributed by atoms with Crippen LogP contribution in [0, 0.1) is 0 Å². The minimum atomic E-state index is 0.280. The molecule has 1 atom stereocenters. The van der Waals surface area contributed by atoms with Gasteiger partial charge in [-0.1, -0.05) is 5.16 Å². The average molecular weight is 259 g/mol. The van der Waals surface area contributed by atoms with E-state index in [1.807, 2.05) is 0 Å². The Labute approximate surface area is 90.2 Å². The van der Waals surface area contributed by atoms with Crippen LogP contribution in [0.2, 0.25) is 0 Å². The van der Waals surface area contributed by atoms with Crippen LogP contribution in [0.25, 0.3) is 0 Å². The number of aromatic nitrogens is 1. The van der Waals surface area contributed by atoms with E-state index in [2.05, 4.69) is 26.4 Å². The molecular weight excluding hydrogens is 248 g/mol. The SMILES string of the molecule is O=Cc1c(Br)noc1C1CCCNC1. The van der Waals surface area contributed by atoms with Crippen LogP contribution in [0.5, 0.6) is 0 Å². The molecule has 0 spiro atoms. The summed E-state index contributed by atoms with van der Waals surface area (Å²) in [7, 11) is 0. The van der Waals surface area contributed by atoms with E-state index in [4.69, 9.17) is 4.52 Å². The van der Waals surface area contributed by atoms with Gasteiger partial charge in [-0.15, -0.1) is 0 Å². The summed E-state index contributed by atoms with van der Waals surface area (Å²) in [6.45, 7) is 1.91. The van der Waals surface area contributed by atoms with Crippen molar-refractivity contribution in [2.24, 2.45) is 0 Å². The first-order chi connectivity index (χ1) is 6.83. The van der Waals surface area contributed by atoms with E-state index in [1.165, 1.54) is 0 Å². The molecule has 0 amide bonds. The average Bonchev–Trinajstić information content (AvgIpc) is 2.61. The Morgan fingerprint density at radius 3 is 3.14 bits per heavy atom. The summed E-state index contributed by atoms with van der Waals surface area (Å²) in [5.74, 6) is 0.988. The number of hydrogen-bond donors (Lipinski definition) is 1. The lowest BCUT2D eigenvalue weighted by Gasteiger charge is -2.20. The molecular formula is C9H11BrN2O2. The van der Waals surface area contributed by atoms with Gasteiger partial charge < -0.3 is 9.84 Å². The molecule has 1 aliphatic heterocycles. The summed E-state index contributed by atoms with van der Waals surface area (Å²) in [5, 5.41) is 7.02. The predicted molar refractivity (Wildman–Crippen MR) is 54.4 cm³/mol. The topological polar surface area (TPSA) is 55.1 Å². The maximum Gasteiger partial charge on any atom is 0.160 e. The van der Waals surface area contributed by atoms with Crippen molar-refractivity contribution in [3.63, 3.8) is 0 Å². The van der Waals surface area contributed by atoms with Gasteiger partial charge in [0.2, 0.25) is 0 Å². The molecule has 1 aliphatic rings. The highest BCUT2D eigenvalue weighted by Crippen LogP contribution is 2.29. The molecule has 1 fully saturated rings. The molecule has 0 aromatic carbocycles. The molecule has 0 radical (unpaired) electrons. The second-order valence-corrected chi connectivity index (χ2v) is 4.16. The zero-order chi connectivity index (χ0) is 9.97. The number of nitrogens with one attached hydrogen (secondary N) is 1. The maximum atomic E-state index is 10.8. The fraction of sp³-hybridized carbons (Fsp3) is 0.556. The normalized spacial score (nSPS) is 22.2. The van der Waals surface area contributed by atoms with Crippen molar-refractivity contribution in [1.82, 2.24) is 10.5 Å². The van der Waals surface area contributed by atoms with Crippen molar-refractivity contribution in [1.29, 1.82) is 0 Å². The van der Waals surface area contributed by atoms with Gasteiger partial charge in [0.05, 0.1) is 5.56 Å². The number of carbonyl (C=O) groups is 1. The van der Waals surface area contributed by atoms with Gasteiger partial charge in [-0.3, -0.25) is 4.79 Å². The first-order valence-electron chi connectivity index (χ1n) is 4.64. The van der Waals surface area contributed by atoms with Crippen molar-refractivity contribution >= 4 is 22.2 Å². The number of aldehydes is 1. The van der Waals surface area contributed by atoms with E-state index in [0.717, 1.165) is 32.2 Å². The molecule has 0 saturated carbocycles. The van der Waals surface area contributed by atoms with Crippen LogP contribution >= 0.6 is 15.9 Å². The van der Waals surface area contributed by atoms with Crippen LogP contribution < -0.4 is 5.32 Å². The van der Waals surface area contributed by atoms with Crippen molar-refractivity contribution in [2.45, 2.75) is 18.8 Å². The van der Waals surface area contributed by atoms with Gasteiger partial charge in [0, 0.05) is 12.5 Å². The number of nitrogens with zero attached hydrogens (tertiary/aromatic N) is 1. The second-order valence-electron chi connectivity index (χ2n) is 3.41. The van der Waals surface area contributed by atoms with Gasteiger partial charge in [-0.05, 0) is 35.3 Å². The van der Waals surface area contributed by atoms with Crippen molar-refractivity contribution in [3.05, 3.63) is 15.9 Å². The number of hydrogen-bond acceptors (Lipinski definition) is 4. The maximum absolute atomic E-state index is 10.8. The molecule has 1 unspecified atom stereocenters. The van der Waals surface area contributed by atoms with Crippen molar-refractivity contribution in [2.75, 3.05) is 13.1 Å². The Balaban J connectivity index is 2.25. The zero-order valence-corrected chi connectivity index (χ0v) is 9.21. The highest BCUT2D eigenvalue weighted by Gasteiger charge is 2.24. The molecule has 1 aromatic heterocycles. The van der Waals surface area contributed by atoms with E-state index < -0.39 is 0 Å². The smallest absolute Gasteiger partial charge is 0.160 e. The monoisotopic (exact) mass is 258 g/mol. The van der Waals surface area contributed by atoms with E-state index >= 15 is 0 Å². The highest BCUT2D eigenvalue weighted by molar-refractivity contribution is 9.10. The third-order valence-corrected chi connectivity index (χ3v) is 3.07. The Hall–Kier alpha value is -0.680. The van der Waals surface area contributed by atoms with E-state index in [0.29, 0.717) is 15.9 Å². The van der Waals surface area contributed by atoms with E-state index in [1.54, 1.807) is 0 Å². The molecule has 1 aromatic rings. The third-order valence-electron chi connectivity index (χ3n) is 2.50. The lowest BCUT2D eigenvalue weighted by molar-refractivity contribution is 0.112. The minimum absolute atomic E-state index is 0.280. The molecule has 1 N–H and O–H groups in total. The molecule has 0 bridgehead atoms. The van der Waals surface area contributed by atoms with Gasteiger partial charge in [-0.25, -0.2) is 0 Å². The fourth-order valence-electron chi connectivity index (χ4n) is 1.77. The van der Waals surface area contributed by atoms with Gasteiger partial charge in [0.15, 0.2) is 16.6 Å². The number of piperidine rings is 1. The Bertz CT molecular complexity index is 332. The van der Waals surface area contributed by atoms with Gasteiger partial charge >= 0.3 is 0 Å². The summed E-state index contributed by atoms with van der Waals surface area (Å²) < 4.78 is 5.67. The largest absolute Gasteiger partial charge is 0.359 e. The highest BCUT2D eigenvalue weighted by atomic mass is 79.9.